The summed E-state index contributed by atoms with van der Waals surface area (Å²) in [6, 6.07) is 8.74. The molecule has 0 spiro atoms. The van der Waals surface area contributed by atoms with E-state index >= 15 is 0 Å². The minimum atomic E-state index is -0.428. The highest BCUT2D eigenvalue weighted by atomic mass is 32.1. The summed E-state index contributed by atoms with van der Waals surface area (Å²) in [5, 5.41) is 11.7. The number of hydrogen-bond donors (Lipinski definition) is 2. The fourth-order valence-electron chi connectivity index (χ4n) is 2.44. The molecule has 0 radical (unpaired) electrons. The number of benzene rings is 1. The van der Waals surface area contributed by atoms with E-state index in [-0.39, 0.29) is 11.8 Å². The van der Waals surface area contributed by atoms with Crippen LogP contribution >= 0.6 is 12.6 Å². The number of hydrogen-bond acceptors (Lipinski definition) is 4. The molecule has 110 valence electrons. The lowest BCUT2D eigenvalue weighted by Gasteiger charge is -2.24. The number of amides is 2. The van der Waals surface area contributed by atoms with Crippen LogP contribution in [0.2, 0.25) is 0 Å². The first-order valence-electron chi connectivity index (χ1n) is 6.83. The van der Waals surface area contributed by atoms with Crippen LogP contribution in [0.1, 0.15) is 24.0 Å². The van der Waals surface area contributed by atoms with Gasteiger partial charge in [-0.1, -0.05) is 12.1 Å². The van der Waals surface area contributed by atoms with Crippen molar-refractivity contribution in [2.75, 3.05) is 12.3 Å². The first-order chi connectivity index (χ1) is 10.2. The van der Waals surface area contributed by atoms with Gasteiger partial charge in [-0.25, -0.2) is 0 Å². The van der Waals surface area contributed by atoms with Crippen LogP contribution in [0.15, 0.2) is 24.3 Å². The smallest absolute Gasteiger partial charge is 0.242 e. The van der Waals surface area contributed by atoms with Gasteiger partial charge in [-0.2, -0.15) is 17.9 Å². The third kappa shape index (κ3) is 3.76. The van der Waals surface area contributed by atoms with Crippen molar-refractivity contribution in [3.63, 3.8) is 0 Å². The topological polar surface area (TPSA) is 73.2 Å². The van der Waals surface area contributed by atoms with Crippen LogP contribution in [0.3, 0.4) is 0 Å². The van der Waals surface area contributed by atoms with Crippen molar-refractivity contribution in [2.24, 2.45) is 0 Å². The second kappa shape index (κ2) is 7.14. The lowest BCUT2D eigenvalue weighted by molar-refractivity contribution is -0.135. The summed E-state index contributed by atoms with van der Waals surface area (Å²) in [5.41, 5.74) is 1.41. The van der Waals surface area contributed by atoms with Crippen LogP contribution < -0.4 is 5.32 Å². The maximum absolute atomic E-state index is 12.1. The minimum Gasteiger partial charge on any atom is -0.353 e. The summed E-state index contributed by atoms with van der Waals surface area (Å²) in [4.78, 5) is 25.7. The van der Waals surface area contributed by atoms with Gasteiger partial charge in [0.05, 0.1) is 11.6 Å². The molecule has 0 bridgehead atoms. The van der Waals surface area contributed by atoms with E-state index in [1.165, 1.54) is 0 Å². The molecule has 0 saturated carbocycles. The second-order valence-corrected chi connectivity index (χ2v) is 5.35. The molecule has 1 N–H and O–H groups in total. The van der Waals surface area contributed by atoms with Crippen LogP contribution in [0.25, 0.3) is 0 Å². The number of nitrogens with zero attached hydrogens (tertiary/aromatic N) is 2. The highest BCUT2D eigenvalue weighted by Crippen LogP contribution is 2.22. The Kier molecular flexibility index (Phi) is 5.23. The first kappa shape index (κ1) is 15.4. The van der Waals surface area contributed by atoms with E-state index in [0.29, 0.717) is 37.2 Å². The second-order valence-electron chi connectivity index (χ2n) is 4.90. The molecule has 1 aliphatic heterocycles. The molecule has 1 fully saturated rings. The number of nitrogens with one attached hydrogen (secondary N) is 1. The van der Waals surface area contributed by atoms with Crippen molar-refractivity contribution >= 4 is 24.4 Å². The molecule has 6 heteroatoms. The molecular formula is C15H17N3O2S. The van der Waals surface area contributed by atoms with Gasteiger partial charge in [-0.15, -0.1) is 0 Å². The zero-order valence-corrected chi connectivity index (χ0v) is 12.5. The maximum atomic E-state index is 12.1. The third-order valence-corrected chi connectivity index (χ3v) is 3.67. The normalized spacial score (nSPS) is 17.6. The molecule has 0 aromatic heterocycles. The van der Waals surface area contributed by atoms with Crippen LogP contribution in [0.5, 0.6) is 0 Å². The molecule has 1 aromatic rings. The summed E-state index contributed by atoms with van der Waals surface area (Å²) in [6.07, 6.45) is 0.923. The van der Waals surface area contributed by atoms with Crippen LogP contribution in [-0.4, -0.2) is 35.1 Å². The molecule has 2 amide bonds. The Balaban J connectivity index is 2.10. The van der Waals surface area contributed by atoms with Crippen molar-refractivity contribution in [3.8, 4) is 6.07 Å². The molecule has 2 rings (SSSR count). The van der Waals surface area contributed by atoms with Gasteiger partial charge in [-0.05, 0) is 24.1 Å². The largest absolute Gasteiger partial charge is 0.353 e. The highest BCUT2D eigenvalue weighted by molar-refractivity contribution is 7.80. The number of rotatable bonds is 5. The van der Waals surface area contributed by atoms with Gasteiger partial charge >= 0.3 is 0 Å². The molecular weight excluding hydrogens is 286 g/mol. The van der Waals surface area contributed by atoms with Gasteiger partial charge in [0.2, 0.25) is 11.8 Å². The van der Waals surface area contributed by atoms with E-state index < -0.39 is 6.04 Å². The molecule has 1 aromatic carbocycles. The molecule has 1 atom stereocenters. The Labute approximate surface area is 129 Å². The molecule has 1 unspecified atom stereocenters. The standard InChI is InChI=1S/C15H17N3O2S/c16-9-11-2-1-3-12(8-11)10-18-13(4-5-14(18)19)15(20)17-6-7-21/h1-3,8,13,21H,4-7,10H2,(H,17,20). The van der Waals surface area contributed by atoms with Crippen molar-refractivity contribution < 1.29 is 9.59 Å². The summed E-state index contributed by atoms with van der Waals surface area (Å²) < 4.78 is 0. The fourth-order valence-corrected chi connectivity index (χ4v) is 2.55. The van der Waals surface area contributed by atoms with Crippen LogP contribution in [0, 0.1) is 11.3 Å². The van der Waals surface area contributed by atoms with Crippen molar-refractivity contribution in [1.82, 2.24) is 10.2 Å². The van der Waals surface area contributed by atoms with Gasteiger partial charge in [0, 0.05) is 25.3 Å². The Morgan fingerprint density at radius 3 is 3.05 bits per heavy atom. The number of carbonyl (C=O) groups excluding carboxylic acids is 2. The summed E-state index contributed by atoms with van der Waals surface area (Å²) in [7, 11) is 0. The third-order valence-electron chi connectivity index (χ3n) is 3.45. The van der Waals surface area contributed by atoms with Crippen molar-refractivity contribution in [3.05, 3.63) is 35.4 Å². The predicted molar refractivity (Wildman–Crippen MR) is 81.6 cm³/mol. The summed E-state index contributed by atoms with van der Waals surface area (Å²) >= 11 is 4.05. The average molecular weight is 303 g/mol. The van der Waals surface area contributed by atoms with Gasteiger partial charge in [-0.3, -0.25) is 9.59 Å². The molecule has 0 aliphatic carbocycles. The molecule has 1 heterocycles. The zero-order chi connectivity index (χ0) is 15.2. The van der Waals surface area contributed by atoms with E-state index in [2.05, 4.69) is 24.0 Å². The first-order valence-corrected chi connectivity index (χ1v) is 7.46. The Morgan fingerprint density at radius 1 is 1.52 bits per heavy atom. The maximum Gasteiger partial charge on any atom is 0.242 e. The van der Waals surface area contributed by atoms with Gasteiger partial charge in [0.15, 0.2) is 0 Å². The highest BCUT2D eigenvalue weighted by Gasteiger charge is 2.35. The molecule has 21 heavy (non-hydrogen) atoms. The Bertz CT molecular complexity index is 583. The average Bonchev–Trinajstić information content (AvgIpc) is 2.86. The Hall–Kier alpha value is -2.00. The molecule has 1 saturated heterocycles. The van der Waals surface area contributed by atoms with Gasteiger partial charge in [0.25, 0.3) is 0 Å². The number of thiol groups is 1. The summed E-state index contributed by atoms with van der Waals surface area (Å²) in [6.45, 7) is 0.845. The predicted octanol–water partition coefficient (Wildman–Crippen LogP) is 1.10. The van der Waals surface area contributed by atoms with E-state index in [1.807, 2.05) is 6.07 Å². The Morgan fingerprint density at radius 2 is 2.33 bits per heavy atom. The lowest BCUT2D eigenvalue weighted by atomic mass is 10.1. The summed E-state index contributed by atoms with van der Waals surface area (Å²) in [5.74, 6) is 0.408. The number of carbonyl (C=O) groups is 2. The van der Waals surface area contributed by atoms with Gasteiger partial charge < -0.3 is 10.2 Å². The van der Waals surface area contributed by atoms with Crippen LogP contribution in [0.4, 0.5) is 0 Å². The minimum absolute atomic E-state index is 0.0246. The van der Waals surface area contributed by atoms with Crippen molar-refractivity contribution in [2.45, 2.75) is 25.4 Å². The quantitative estimate of drug-likeness (QED) is 0.800. The van der Waals surface area contributed by atoms with E-state index in [9.17, 15) is 9.59 Å². The SMILES string of the molecule is N#Cc1cccc(CN2C(=O)CCC2C(=O)NCCS)c1. The van der Waals surface area contributed by atoms with E-state index in [4.69, 9.17) is 5.26 Å². The number of likely N-dealkylation sites (tertiary alicyclic amines) is 1. The molecule has 5 nitrogen and oxygen atoms in total. The molecule has 1 aliphatic rings. The monoisotopic (exact) mass is 303 g/mol. The van der Waals surface area contributed by atoms with Crippen molar-refractivity contribution in [1.29, 1.82) is 5.26 Å². The number of nitriles is 1. The van der Waals surface area contributed by atoms with Crippen LogP contribution in [-0.2, 0) is 16.1 Å². The van der Waals surface area contributed by atoms with E-state index in [0.717, 1.165) is 5.56 Å². The fraction of sp³-hybridized carbons (Fsp3) is 0.400. The van der Waals surface area contributed by atoms with Gasteiger partial charge in [0.1, 0.15) is 6.04 Å². The van der Waals surface area contributed by atoms with E-state index in [1.54, 1.807) is 23.1 Å². The zero-order valence-electron chi connectivity index (χ0n) is 11.6. The lowest BCUT2D eigenvalue weighted by Crippen LogP contribution is -2.44.